The van der Waals surface area contributed by atoms with E-state index in [0.717, 1.165) is 22.5 Å². The van der Waals surface area contributed by atoms with Crippen molar-refractivity contribution >= 4 is 5.97 Å². The number of hydrogen-bond donors (Lipinski definition) is 3. The maximum absolute atomic E-state index is 10.9. The summed E-state index contributed by atoms with van der Waals surface area (Å²) in [6.45, 7) is 5.90. The number of aliphatic carboxylic acids is 1. The lowest BCUT2D eigenvalue weighted by atomic mass is 10.0. The van der Waals surface area contributed by atoms with Gasteiger partial charge in [0.25, 0.3) is 0 Å². The number of aryl methyl sites for hydroxylation is 3. The van der Waals surface area contributed by atoms with Gasteiger partial charge in [-0.2, -0.15) is 0 Å². The number of aromatic nitrogens is 2. The molecule has 1 atom stereocenters. The van der Waals surface area contributed by atoms with E-state index in [9.17, 15) is 4.79 Å². The van der Waals surface area contributed by atoms with Crippen molar-refractivity contribution in [3.05, 3.63) is 40.8 Å². The molecule has 5 heteroatoms. The van der Waals surface area contributed by atoms with E-state index < -0.39 is 12.0 Å². The van der Waals surface area contributed by atoms with Gasteiger partial charge in [0, 0.05) is 11.3 Å². The minimum Gasteiger partial charge on any atom is -0.480 e. The van der Waals surface area contributed by atoms with E-state index in [4.69, 9.17) is 10.8 Å². The molecule has 1 aromatic heterocycles. The van der Waals surface area contributed by atoms with E-state index in [0.29, 0.717) is 0 Å². The molecule has 1 aromatic carbocycles. The molecule has 0 spiro atoms. The number of aromatic amines is 1. The van der Waals surface area contributed by atoms with Crippen molar-refractivity contribution in [3.63, 3.8) is 0 Å². The highest BCUT2D eigenvalue weighted by atomic mass is 16.4. The summed E-state index contributed by atoms with van der Waals surface area (Å²) in [5.41, 5.74) is 10.4. The molecule has 2 aromatic rings. The molecule has 0 fully saturated rings. The molecule has 19 heavy (non-hydrogen) atoms. The number of carboxylic acid groups (broad SMARTS) is 1. The fraction of sp³-hybridized carbons (Fsp3) is 0.286. The Morgan fingerprint density at radius 3 is 2.63 bits per heavy atom. The normalized spacial score (nSPS) is 12.4. The molecule has 1 unspecified atom stereocenters. The lowest BCUT2D eigenvalue weighted by molar-refractivity contribution is -0.138. The first-order valence-electron chi connectivity index (χ1n) is 6.02. The molecule has 0 aliphatic heterocycles. The van der Waals surface area contributed by atoms with Crippen LogP contribution in [0.4, 0.5) is 0 Å². The summed E-state index contributed by atoms with van der Waals surface area (Å²) < 4.78 is 0. The van der Waals surface area contributed by atoms with E-state index in [1.54, 1.807) is 0 Å². The summed E-state index contributed by atoms with van der Waals surface area (Å²) in [6, 6.07) is 4.94. The Morgan fingerprint density at radius 1 is 1.37 bits per heavy atom. The summed E-state index contributed by atoms with van der Waals surface area (Å²) in [6.07, 6.45) is 0. The van der Waals surface area contributed by atoms with Crippen molar-refractivity contribution in [2.75, 3.05) is 0 Å². The van der Waals surface area contributed by atoms with Gasteiger partial charge >= 0.3 is 5.97 Å². The number of hydrogen-bond acceptors (Lipinski definition) is 3. The topological polar surface area (TPSA) is 92.0 Å². The zero-order chi connectivity index (χ0) is 14.2. The van der Waals surface area contributed by atoms with Crippen molar-refractivity contribution in [2.45, 2.75) is 26.8 Å². The van der Waals surface area contributed by atoms with Gasteiger partial charge in [-0.1, -0.05) is 23.8 Å². The number of nitrogens with one attached hydrogen (secondary N) is 1. The van der Waals surface area contributed by atoms with Gasteiger partial charge in [-0.25, -0.2) is 4.98 Å². The number of benzene rings is 1. The molecule has 0 saturated carbocycles. The SMILES string of the molecule is Cc1ccc(-c2nc(C(N)C(=O)O)[nH]c2C)c(C)c1. The highest BCUT2D eigenvalue weighted by Gasteiger charge is 2.20. The molecule has 0 saturated heterocycles. The Balaban J connectivity index is 2.49. The summed E-state index contributed by atoms with van der Waals surface area (Å²) in [7, 11) is 0. The summed E-state index contributed by atoms with van der Waals surface area (Å²) >= 11 is 0. The van der Waals surface area contributed by atoms with Crippen LogP contribution in [0.5, 0.6) is 0 Å². The van der Waals surface area contributed by atoms with Gasteiger partial charge in [-0.15, -0.1) is 0 Å². The third-order valence-electron chi connectivity index (χ3n) is 3.10. The zero-order valence-corrected chi connectivity index (χ0v) is 11.2. The second-order valence-electron chi connectivity index (χ2n) is 4.73. The van der Waals surface area contributed by atoms with Crippen molar-refractivity contribution in [1.82, 2.24) is 9.97 Å². The van der Waals surface area contributed by atoms with Crippen molar-refractivity contribution in [3.8, 4) is 11.3 Å². The first-order valence-corrected chi connectivity index (χ1v) is 6.02. The van der Waals surface area contributed by atoms with E-state index in [-0.39, 0.29) is 5.82 Å². The van der Waals surface area contributed by atoms with Crippen LogP contribution in [0.3, 0.4) is 0 Å². The predicted molar refractivity (Wildman–Crippen MR) is 72.8 cm³/mol. The molecule has 1 heterocycles. The molecule has 0 aliphatic carbocycles. The molecule has 0 radical (unpaired) electrons. The minimum absolute atomic E-state index is 0.278. The van der Waals surface area contributed by atoms with Gasteiger partial charge in [-0.3, -0.25) is 4.79 Å². The zero-order valence-electron chi connectivity index (χ0n) is 11.2. The third-order valence-corrected chi connectivity index (χ3v) is 3.10. The lowest BCUT2D eigenvalue weighted by Gasteiger charge is -2.05. The van der Waals surface area contributed by atoms with Crippen molar-refractivity contribution in [1.29, 1.82) is 0 Å². The van der Waals surface area contributed by atoms with Crippen LogP contribution in [0.1, 0.15) is 28.7 Å². The smallest absolute Gasteiger partial charge is 0.328 e. The average Bonchev–Trinajstić information content (AvgIpc) is 2.70. The molecule has 0 aliphatic rings. The maximum Gasteiger partial charge on any atom is 0.328 e. The largest absolute Gasteiger partial charge is 0.480 e. The monoisotopic (exact) mass is 259 g/mol. The van der Waals surface area contributed by atoms with Crippen LogP contribution in [0.25, 0.3) is 11.3 Å². The van der Waals surface area contributed by atoms with Crippen LogP contribution in [-0.2, 0) is 4.79 Å². The quantitative estimate of drug-likeness (QED) is 0.787. The Morgan fingerprint density at radius 2 is 2.05 bits per heavy atom. The van der Waals surface area contributed by atoms with Crippen LogP contribution < -0.4 is 5.73 Å². The number of nitrogens with zero attached hydrogens (tertiary/aromatic N) is 1. The van der Waals surface area contributed by atoms with Crippen LogP contribution in [-0.4, -0.2) is 21.0 Å². The number of rotatable bonds is 3. The highest BCUT2D eigenvalue weighted by Crippen LogP contribution is 2.26. The minimum atomic E-state index is -1.13. The molecular weight excluding hydrogens is 242 g/mol. The lowest BCUT2D eigenvalue weighted by Crippen LogP contribution is -2.21. The van der Waals surface area contributed by atoms with Gasteiger partial charge in [0.05, 0.1) is 5.69 Å². The first kappa shape index (κ1) is 13.3. The molecule has 0 bridgehead atoms. The van der Waals surface area contributed by atoms with Gasteiger partial charge in [-0.05, 0) is 26.3 Å². The van der Waals surface area contributed by atoms with Crippen molar-refractivity contribution in [2.24, 2.45) is 5.73 Å². The molecular formula is C14H17N3O2. The molecule has 100 valence electrons. The number of carboxylic acids is 1. The van der Waals surface area contributed by atoms with Crippen LogP contribution in [0.2, 0.25) is 0 Å². The second kappa shape index (κ2) is 4.85. The fourth-order valence-corrected chi connectivity index (χ4v) is 2.09. The van der Waals surface area contributed by atoms with Crippen LogP contribution >= 0.6 is 0 Å². The van der Waals surface area contributed by atoms with Gasteiger partial charge < -0.3 is 15.8 Å². The Bertz CT molecular complexity index is 632. The summed E-state index contributed by atoms with van der Waals surface area (Å²) in [4.78, 5) is 18.2. The van der Waals surface area contributed by atoms with Gasteiger partial charge in [0.15, 0.2) is 6.04 Å². The standard InChI is InChI=1S/C14H17N3O2/c1-7-4-5-10(8(2)6-7)12-9(3)16-13(17-12)11(15)14(18)19/h4-6,11H,15H2,1-3H3,(H,16,17)(H,18,19). The van der Waals surface area contributed by atoms with Crippen molar-refractivity contribution < 1.29 is 9.90 Å². The summed E-state index contributed by atoms with van der Waals surface area (Å²) in [5, 5.41) is 8.91. The average molecular weight is 259 g/mol. The molecule has 4 N–H and O–H groups in total. The van der Waals surface area contributed by atoms with Gasteiger partial charge in [0.2, 0.25) is 0 Å². The predicted octanol–water partition coefficient (Wildman–Crippen LogP) is 2.09. The Kier molecular flexibility index (Phi) is 3.40. The van der Waals surface area contributed by atoms with E-state index in [1.165, 1.54) is 5.56 Å². The maximum atomic E-state index is 10.9. The first-order chi connectivity index (χ1) is 8.90. The summed E-state index contributed by atoms with van der Waals surface area (Å²) in [5.74, 6) is -0.819. The molecule has 0 amide bonds. The van der Waals surface area contributed by atoms with E-state index in [2.05, 4.69) is 16.0 Å². The second-order valence-corrected chi connectivity index (χ2v) is 4.73. The fourth-order valence-electron chi connectivity index (χ4n) is 2.09. The third kappa shape index (κ3) is 2.51. The highest BCUT2D eigenvalue weighted by molar-refractivity contribution is 5.75. The molecule has 2 rings (SSSR count). The van der Waals surface area contributed by atoms with E-state index >= 15 is 0 Å². The number of H-pyrrole nitrogens is 1. The number of carbonyl (C=O) groups is 1. The Labute approximate surface area is 111 Å². The molecule has 5 nitrogen and oxygen atoms in total. The van der Waals surface area contributed by atoms with Crippen LogP contribution in [0, 0.1) is 20.8 Å². The van der Waals surface area contributed by atoms with E-state index in [1.807, 2.05) is 32.9 Å². The van der Waals surface area contributed by atoms with Gasteiger partial charge in [0.1, 0.15) is 5.82 Å². The van der Waals surface area contributed by atoms with Crippen LogP contribution in [0.15, 0.2) is 18.2 Å². The number of imidazole rings is 1. The Hall–Kier alpha value is -2.14. The number of nitrogens with two attached hydrogens (primary N) is 1.